The van der Waals surface area contributed by atoms with Gasteiger partial charge in [0.25, 0.3) is 0 Å². The minimum atomic E-state index is 0.860. The fourth-order valence-electron chi connectivity index (χ4n) is 3.10. The Balaban J connectivity index is 1.55. The van der Waals surface area contributed by atoms with Gasteiger partial charge in [-0.1, -0.05) is 17.7 Å². The first kappa shape index (κ1) is 15.4. The molecule has 0 aliphatic carbocycles. The predicted octanol–water partition coefficient (Wildman–Crippen LogP) is 2.92. The molecule has 2 heteroatoms. The third kappa shape index (κ3) is 5.16. The normalized spacial score (nSPS) is 16.3. The average Bonchev–Trinajstić information content (AvgIpc) is 2.46. The van der Waals surface area contributed by atoms with E-state index in [1.54, 1.807) is 0 Å². The van der Waals surface area contributed by atoms with E-state index in [-0.39, 0.29) is 0 Å². The first-order chi connectivity index (χ1) is 9.75. The highest BCUT2D eigenvalue weighted by molar-refractivity contribution is 5.35. The van der Waals surface area contributed by atoms with Crippen LogP contribution in [0.4, 0.5) is 0 Å². The summed E-state index contributed by atoms with van der Waals surface area (Å²) in [7, 11) is 0. The molecule has 2 nitrogen and oxygen atoms in total. The van der Waals surface area contributed by atoms with Crippen LogP contribution in [0.1, 0.15) is 49.7 Å². The van der Waals surface area contributed by atoms with Crippen molar-refractivity contribution in [1.29, 1.82) is 0 Å². The van der Waals surface area contributed by atoms with E-state index in [4.69, 9.17) is 4.74 Å². The lowest BCUT2D eigenvalue weighted by Crippen LogP contribution is -3.12. The maximum absolute atomic E-state index is 5.88. The zero-order valence-corrected chi connectivity index (χ0v) is 13.2. The van der Waals surface area contributed by atoms with Crippen LogP contribution >= 0.6 is 0 Å². The quantitative estimate of drug-likeness (QED) is 0.756. The molecule has 112 valence electrons. The third-order valence-electron chi connectivity index (χ3n) is 4.32. The topological polar surface area (TPSA) is 13.7 Å². The molecule has 0 amide bonds. The first-order valence-electron chi connectivity index (χ1n) is 8.29. The van der Waals surface area contributed by atoms with Crippen LogP contribution in [0, 0.1) is 13.8 Å². The number of quaternary nitrogens is 1. The molecule has 1 aliphatic rings. The molecule has 0 bridgehead atoms. The molecule has 2 rings (SSSR count). The lowest BCUT2D eigenvalue weighted by atomic mass is 10.1. The number of unbranched alkanes of at least 4 members (excludes halogenated alkanes) is 2. The fourth-order valence-corrected chi connectivity index (χ4v) is 3.10. The summed E-state index contributed by atoms with van der Waals surface area (Å²) in [5, 5.41) is 0. The van der Waals surface area contributed by atoms with Gasteiger partial charge in [-0.05, 0) is 64.0 Å². The van der Waals surface area contributed by atoms with Crippen molar-refractivity contribution < 1.29 is 9.64 Å². The molecular formula is C18H30NO+. The summed E-state index contributed by atoms with van der Waals surface area (Å²) in [6.07, 6.45) is 8.16. The summed E-state index contributed by atoms with van der Waals surface area (Å²) >= 11 is 0. The van der Waals surface area contributed by atoms with Gasteiger partial charge in [-0.3, -0.25) is 0 Å². The van der Waals surface area contributed by atoms with Crippen molar-refractivity contribution in [3.05, 3.63) is 29.3 Å². The van der Waals surface area contributed by atoms with Crippen LogP contribution in [0.2, 0.25) is 0 Å². The fraction of sp³-hybridized carbons (Fsp3) is 0.667. The summed E-state index contributed by atoms with van der Waals surface area (Å²) in [6.45, 7) is 9.28. The molecule has 0 atom stereocenters. The predicted molar refractivity (Wildman–Crippen MR) is 84.7 cm³/mol. The summed E-state index contributed by atoms with van der Waals surface area (Å²) in [4.78, 5) is 1.83. The molecule has 0 aromatic heterocycles. The Bertz CT molecular complexity index is 396. The van der Waals surface area contributed by atoms with Gasteiger partial charge < -0.3 is 9.64 Å². The number of piperidine rings is 1. The lowest BCUT2D eigenvalue weighted by molar-refractivity contribution is -0.905. The number of ether oxygens (including phenoxy) is 1. The molecule has 1 aromatic rings. The van der Waals surface area contributed by atoms with Gasteiger partial charge in [-0.2, -0.15) is 0 Å². The van der Waals surface area contributed by atoms with Gasteiger partial charge in [0.05, 0.1) is 26.2 Å². The molecule has 1 heterocycles. The Morgan fingerprint density at radius 2 is 1.80 bits per heavy atom. The van der Waals surface area contributed by atoms with E-state index in [2.05, 4.69) is 32.0 Å². The molecule has 1 aromatic carbocycles. The molecule has 20 heavy (non-hydrogen) atoms. The second-order valence-electron chi connectivity index (χ2n) is 6.24. The summed E-state index contributed by atoms with van der Waals surface area (Å²) in [5.74, 6) is 1.05. The van der Waals surface area contributed by atoms with Crippen molar-refractivity contribution in [3.63, 3.8) is 0 Å². The largest absolute Gasteiger partial charge is 0.493 e. The second-order valence-corrected chi connectivity index (χ2v) is 6.24. The lowest BCUT2D eigenvalue weighted by Gasteiger charge is -2.23. The van der Waals surface area contributed by atoms with Crippen LogP contribution in [0.25, 0.3) is 0 Å². The number of hydrogen-bond donors (Lipinski definition) is 1. The van der Waals surface area contributed by atoms with E-state index < -0.39 is 0 Å². The Labute approximate surface area is 124 Å². The van der Waals surface area contributed by atoms with E-state index in [1.807, 2.05) is 4.90 Å². The maximum atomic E-state index is 5.88. The van der Waals surface area contributed by atoms with Gasteiger partial charge in [0.15, 0.2) is 0 Å². The van der Waals surface area contributed by atoms with E-state index in [0.29, 0.717) is 0 Å². The molecule has 0 radical (unpaired) electrons. The number of benzene rings is 1. The Morgan fingerprint density at radius 1 is 1.00 bits per heavy atom. The van der Waals surface area contributed by atoms with Crippen molar-refractivity contribution in [2.45, 2.75) is 52.4 Å². The minimum absolute atomic E-state index is 0.860. The highest BCUT2D eigenvalue weighted by Crippen LogP contribution is 2.18. The van der Waals surface area contributed by atoms with E-state index in [1.165, 1.54) is 69.3 Å². The van der Waals surface area contributed by atoms with Crippen LogP contribution in [-0.2, 0) is 0 Å². The molecule has 1 saturated heterocycles. The maximum Gasteiger partial charge on any atom is 0.122 e. The van der Waals surface area contributed by atoms with Crippen LogP contribution in [-0.4, -0.2) is 26.2 Å². The molecule has 1 N–H and O–H groups in total. The summed E-state index contributed by atoms with van der Waals surface area (Å²) in [6, 6.07) is 6.42. The smallest absolute Gasteiger partial charge is 0.122 e. The van der Waals surface area contributed by atoms with Crippen LogP contribution in [0.3, 0.4) is 0 Å². The molecule has 0 spiro atoms. The van der Waals surface area contributed by atoms with Crippen molar-refractivity contribution in [1.82, 2.24) is 0 Å². The third-order valence-corrected chi connectivity index (χ3v) is 4.32. The summed E-state index contributed by atoms with van der Waals surface area (Å²) in [5.41, 5.74) is 2.56. The molecular weight excluding hydrogens is 246 g/mol. The van der Waals surface area contributed by atoms with Gasteiger partial charge >= 0.3 is 0 Å². The van der Waals surface area contributed by atoms with Gasteiger partial charge in [0, 0.05) is 0 Å². The number of aryl methyl sites for hydroxylation is 2. The Kier molecular flexibility index (Phi) is 6.38. The monoisotopic (exact) mass is 276 g/mol. The molecule has 0 saturated carbocycles. The van der Waals surface area contributed by atoms with E-state index >= 15 is 0 Å². The molecule has 0 unspecified atom stereocenters. The first-order valence-corrected chi connectivity index (χ1v) is 8.29. The Hall–Kier alpha value is -1.02. The van der Waals surface area contributed by atoms with Gasteiger partial charge in [-0.25, -0.2) is 0 Å². The van der Waals surface area contributed by atoms with Crippen molar-refractivity contribution in [2.24, 2.45) is 0 Å². The van der Waals surface area contributed by atoms with Crippen molar-refractivity contribution in [2.75, 3.05) is 26.2 Å². The highest BCUT2D eigenvalue weighted by atomic mass is 16.5. The van der Waals surface area contributed by atoms with Crippen LogP contribution in [0.15, 0.2) is 18.2 Å². The van der Waals surface area contributed by atoms with Crippen molar-refractivity contribution >= 4 is 0 Å². The zero-order valence-electron chi connectivity index (χ0n) is 13.2. The summed E-state index contributed by atoms with van der Waals surface area (Å²) < 4.78 is 5.88. The average molecular weight is 276 g/mol. The van der Waals surface area contributed by atoms with Gasteiger partial charge in [0.1, 0.15) is 5.75 Å². The van der Waals surface area contributed by atoms with Crippen LogP contribution in [0.5, 0.6) is 5.75 Å². The minimum Gasteiger partial charge on any atom is -0.493 e. The SMILES string of the molecule is Cc1ccc(OCCCCC[NH+]2CCCCC2)c(C)c1. The second kappa shape index (κ2) is 8.31. The number of likely N-dealkylation sites (tertiary alicyclic amines) is 1. The van der Waals surface area contributed by atoms with Gasteiger partial charge in [0.2, 0.25) is 0 Å². The zero-order chi connectivity index (χ0) is 14.2. The van der Waals surface area contributed by atoms with E-state index in [0.717, 1.165) is 12.4 Å². The number of hydrogen-bond acceptors (Lipinski definition) is 1. The van der Waals surface area contributed by atoms with Gasteiger partial charge in [-0.15, -0.1) is 0 Å². The van der Waals surface area contributed by atoms with Crippen molar-refractivity contribution in [3.8, 4) is 5.75 Å². The number of rotatable bonds is 7. The van der Waals surface area contributed by atoms with Crippen LogP contribution < -0.4 is 9.64 Å². The molecule has 1 fully saturated rings. The standard InChI is InChI=1S/C18H29NO/c1-16-9-10-18(17(2)15-16)20-14-8-4-7-13-19-11-5-3-6-12-19/h9-10,15H,3-8,11-14H2,1-2H3/p+1. The number of nitrogens with one attached hydrogen (secondary N) is 1. The van der Waals surface area contributed by atoms with E-state index in [9.17, 15) is 0 Å². The molecule has 1 aliphatic heterocycles. The Morgan fingerprint density at radius 3 is 2.55 bits per heavy atom. The highest BCUT2D eigenvalue weighted by Gasteiger charge is 2.12.